The summed E-state index contributed by atoms with van der Waals surface area (Å²) in [5.74, 6) is -0.944. The summed E-state index contributed by atoms with van der Waals surface area (Å²) >= 11 is 11.9. The Morgan fingerprint density at radius 2 is 1.87 bits per heavy atom. The van der Waals surface area contributed by atoms with Crippen LogP contribution >= 0.6 is 23.2 Å². The molecule has 1 aromatic heterocycles. The first-order chi connectivity index (χ1) is 10.9. The van der Waals surface area contributed by atoms with E-state index in [9.17, 15) is 9.59 Å². The Balaban J connectivity index is 1.87. The van der Waals surface area contributed by atoms with Crippen LogP contribution in [0.15, 0.2) is 24.4 Å². The van der Waals surface area contributed by atoms with E-state index in [1.807, 2.05) is 0 Å². The van der Waals surface area contributed by atoms with Gasteiger partial charge in [0.25, 0.3) is 11.8 Å². The first-order valence-electron chi connectivity index (χ1n) is 6.84. The molecule has 1 aliphatic heterocycles. The SMILES string of the molecule is NC(=O)c1ncc2c(n1)CN(C(=O)c1cc(Cl)cc(Cl)c1)CC2. The number of benzene rings is 1. The van der Waals surface area contributed by atoms with Crippen molar-refractivity contribution in [1.82, 2.24) is 14.9 Å². The van der Waals surface area contributed by atoms with Gasteiger partial charge in [-0.1, -0.05) is 23.2 Å². The fourth-order valence-electron chi connectivity index (χ4n) is 2.46. The molecule has 2 heterocycles. The van der Waals surface area contributed by atoms with Crippen molar-refractivity contribution in [2.24, 2.45) is 5.73 Å². The predicted molar refractivity (Wildman–Crippen MR) is 85.5 cm³/mol. The number of rotatable bonds is 2. The van der Waals surface area contributed by atoms with Crippen molar-refractivity contribution in [3.8, 4) is 0 Å². The zero-order chi connectivity index (χ0) is 16.6. The number of halogens is 2. The number of carbonyl (C=O) groups is 2. The third kappa shape index (κ3) is 3.28. The van der Waals surface area contributed by atoms with Gasteiger partial charge in [0, 0.05) is 28.4 Å². The van der Waals surface area contributed by atoms with Gasteiger partial charge in [-0.2, -0.15) is 0 Å². The zero-order valence-corrected chi connectivity index (χ0v) is 13.4. The summed E-state index contributed by atoms with van der Waals surface area (Å²) < 4.78 is 0. The fraction of sp³-hybridized carbons (Fsp3) is 0.200. The lowest BCUT2D eigenvalue weighted by atomic mass is 10.1. The van der Waals surface area contributed by atoms with E-state index in [0.717, 1.165) is 5.56 Å². The second kappa shape index (κ2) is 6.14. The maximum absolute atomic E-state index is 12.6. The molecule has 1 aromatic carbocycles. The molecule has 1 aliphatic rings. The van der Waals surface area contributed by atoms with Gasteiger partial charge in [-0.05, 0) is 30.2 Å². The van der Waals surface area contributed by atoms with Crippen molar-refractivity contribution in [2.75, 3.05) is 6.54 Å². The average molecular weight is 351 g/mol. The largest absolute Gasteiger partial charge is 0.363 e. The van der Waals surface area contributed by atoms with Gasteiger partial charge in [-0.25, -0.2) is 9.97 Å². The summed E-state index contributed by atoms with van der Waals surface area (Å²) in [5, 5.41) is 0.799. The van der Waals surface area contributed by atoms with Crippen LogP contribution in [0.3, 0.4) is 0 Å². The first-order valence-corrected chi connectivity index (χ1v) is 7.59. The zero-order valence-electron chi connectivity index (χ0n) is 11.9. The van der Waals surface area contributed by atoms with Crippen molar-refractivity contribution >= 4 is 35.0 Å². The van der Waals surface area contributed by atoms with E-state index in [4.69, 9.17) is 28.9 Å². The highest BCUT2D eigenvalue weighted by Crippen LogP contribution is 2.23. The smallest absolute Gasteiger partial charge is 0.286 e. The highest BCUT2D eigenvalue weighted by Gasteiger charge is 2.24. The molecule has 0 radical (unpaired) electrons. The standard InChI is InChI=1S/C15H12Cl2N4O2/c16-10-3-9(4-11(17)5-10)15(23)21-2-1-8-6-19-14(13(18)22)20-12(8)7-21/h3-6H,1-2,7H2,(H2,18,22). The van der Waals surface area contributed by atoms with Crippen molar-refractivity contribution in [2.45, 2.75) is 13.0 Å². The summed E-state index contributed by atoms with van der Waals surface area (Å²) in [6.07, 6.45) is 2.19. The Hall–Kier alpha value is -2.18. The molecule has 0 fully saturated rings. The lowest BCUT2D eigenvalue weighted by Crippen LogP contribution is -2.37. The van der Waals surface area contributed by atoms with Gasteiger partial charge in [0.2, 0.25) is 5.82 Å². The van der Waals surface area contributed by atoms with Gasteiger partial charge in [-0.15, -0.1) is 0 Å². The van der Waals surface area contributed by atoms with E-state index in [-0.39, 0.29) is 18.3 Å². The minimum atomic E-state index is -0.696. The summed E-state index contributed by atoms with van der Waals surface area (Å²) in [5.41, 5.74) is 7.14. The third-order valence-electron chi connectivity index (χ3n) is 3.56. The van der Waals surface area contributed by atoms with Gasteiger partial charge in [0.15, 0.2) is 0 Å². The predicted octanol–water partition coefficient (Wildman–Crippen LogP) is 2.08. The molecule has 0 unspecified atom stereocenters. The lowest BCUT2D eigenvalue weighted by molar-refractivity contribution is 0.0731. The van der Waals surface area contributed by atoms with Crippen LogP contribution in [-0.2, 0) is 13.0 Å². The number of primary amides is 1. The Bertz CT molecular complexity index is 790. The molecule has 0 atom stereocenters. The van der Waals surface area contributed by atoms with Gasteiger partial charge in [-0.3, -0.25) is 9.59 Å². The van der Waals surface area contributed by atoms with E-state index < -0.39 is 5.91 Å². The minimum Gasteiger partial charge on any atom is -0.363 e. The summed E-state index contributed by atoms with van der Waals surface area (Å²) in [4.78, 5) is 33.5. The van der Waals surface area contributed by atoms with E-state index >= 15 is 0 Å². The Morgan fingerprint density at radius 1 is 1.17 bits per heavy atom. The van der Waals surface area contributed by atoms with Crippen LogP contribution in [0.5, 0.6) is 0 Å². The number of nitrogens with two attached hydrogens (primary N) is 1. The molecule has 8 heteroatoms. The van der Waals surface area contributed by atoms with E-state index in [2.05, 4.69) is 9.97 Å². The molecule has 0 aliphatic carbocycles. The van der Waals surface area contributed by atoms with Crippen molar-refractivity contribution in [3.63, 3.8) is 0 Å². The highest BCUT2D eigenvalue weighted by atomic mass is 35.5. The van der Waals surface area contributed by atoms with Crippen molar-refractivity contribution in [1.29, 1.82) is 0 Å². The number of carbonyl (C=O) groups excluding carboxylic acids is 2. The molecule has 6 nitrogen and oxygen atoms in total. The fourth-order valence-corrected chi connectivity index (χ4v) is 2.98. The summed E-state index contributed by atoms with van der Waals surface area (Å²) in [6, 6.07) is 4.71. The maximum Gasteiger partial charge on any atom is 0.286 e. The first kappa shape index (κ1) is 15.7. The topological polar surface area (TPSA) is 89.2 Å². The maximum atomic E-state index is 12.6. The number of amides is 2. The molecule has 3 rings (SSSR count). The van der Waals surface area contributed by atoms with E-state index in [1.165, 1.54) is 0 Å². The van der Waals surface area contributed by atoms with Crippen molar-refractivity contribution < 1.29 is 9.59 Å². The van der Waals surface area contributed by atoms with Crippen LogP contribution in [0, 0.1) is 0 Å². The molecule has 2 N–H and O–H groups in total. The second-order valence-corrected chi connectivity index (χ2v) is 6.04. The van der Waals surface area contributed by atoms with Crippen LogP contribution in [-0.4, -0.2) is 33.2 Å². The summed E-state index contributed by atoms with van der Waals surface area (Å²) in [7, 11) is 0. The van der Waals surface area contributed by atoms with Crippen LogP contribution in [0.1, 0.15) is 32.2 Å². The molecule has 118 valence electrons. The molecule has 0 bridgehead atoms. The molecule has 2 aromatic rings. The third-order valence-corrected chi connectivity index (χ3v) is 4.00. The minimum absolute atomic E-state index is 0.0520. The number of fused-ring (bicyclic) bond motifs is 1. The van der Waals surface area contributed by atoms with Crippen LogP contribution in [0.25, 0.3) is 0 Å². The van der Waals surface area contributed by atoms with Crippen molar-refractivity contribution in [3.05, 3.63) is 57.1 Å². The van der Waals surface area contributed by atoms with Gasteiger partial charge < -0.3 is 10.6 Å². The van der Waals surface area contributed by atoms with E-state index in [1.54, 1.807) is 29.3 Å². The van der Waals surface area contributed by atoms with Gasteiger partial charge >= 0.3 is 0 Å². The Morgan fingerprint density at radius 3 is 2.52 bits per heavy atom. The second-order valence-electron chi connectivity index (χ2n) is 5.16. The highest BCUT2D eigenvalue weighted by molar-refractivity contribution is 6.35. The molecule has 0 saturated heterocycles. The molecule has 23 heavy (non-hydrogen) atoms. The molecular formula is C15H12Cl2N4O2. The number of hydrogen-bond acceptors (Lipinski definition) is 4. The van der Waals surface area contributed by atoms with Gasteiger partial charge in [0.1, 0.15) is 0 Å². The monoisotopic (exact) mass is 350 g/mol. The van der Waals surface area contributed by atoms with E-state index in [0.29, 0.717) is 34.3 Å². The lowest BCUT2D eigenvalue weighted by Gasteiger charge is -2.28. The Labute approximate surface area is 142 Å². The normalized spacial score (nSPS) is 13.6. The quantitative estimate of drug-likeness (QED) is 0.897. The number of hydrogen-bond donors (Lipinski definition) is 1. The molecular weight excluding hydrogens is 339 g/mol. The number of aromatic nitrogens is 2. The summed E-state index contributed by atoms with van der Waals surface area (Å²) in [6.45, 7) is 0.802. The number of nitrogens with zero attached hydrogens (tertiary/aromatic N) is 3. The average Bonchev–Trinajstić information content (AvgIpc) is 2.52. The van der Waals surface area contributed by atoms with Crippen LogP contribution < -0.4 is 5.73 Å². The molecule has 2 amide bonds. The molecule has 0 saturated carbocycles. The molecule has 0 spiro atoms. The van der Waals surface area contributed by atoms with Crippen LogP contribution in [0.2, 0.25) is 10.0 Å². The Kier molecular flexibility index (Phi) is 4.19. The van der Waals surface area contributed by atoms with Crippen LogP contribution in [0.4, 0.5) is 0 Å². The van der Waals surface area contributed by atoms with Gasteiger partial charge in [0.05, 0.1) is 12.2 Å².